The highest BCUT2D eigenvalue weighted by molar-refractivity contribution is 6.31. The first kappa shape index (κ1) is 14.9. The Morgan fingerprint density at radius 2 is 2.16 bits per heavy atom. The lowest BCUT2D eigenvalue weighted by Gasteiger charge is -2.06. The SMILES string of the molecule is CCOC(=O)CC(=O)Nc1cc(Cl)ccc1[N+](=O)[O-]. The van der Waals surface area contributed by atoms with Crippen molar-refractivity contribution in [2.45, 2.75) is 13.3 Å². The Balaban J connectivity index is 2.81. The van der Waals surface area contributed by atoms with Gasteiger partial charge >= 0.3 is 5.97 Å². The van der Waals surface area contributed by atoms with Gasteiger partial charge in [-0.1, -0.05) is 11.6 Å². The maximum absolute atomic E-state index is 11.5. The van der Waals surface area contributed by atoms with Gasteiger partial charge < -0.3 is 10.1 Å². The molecule has 1 aromatic rings. The third-order valence-electron chi connectivity index (χ3n) is 2.04. The number of carbonyl (C=O) groups excluding carboxylic acids is 2. The molecular formula is C11H11ClN2O5. The minimum atomic E-state index is -0.705. The summed E-state index contributed by atoms with van der Waals surface area (Å²) in [6, 6.07) is 3.74. The van der Waals surface area contributed by atoms with E-state index in [1.807, 2.05) is 0 Å². The van der Waals surface area contributed by atoms with E-state index in [4.69, 9.17) is 11.6 Å². The number of ether oxygens (including phenoxy) is 1. The van der Waals surface area contributed by atoms with E-state index in [0.29, 0.717) is 0 Å². The molecule has 7 nitrogen and oxygen atoms in total. The molecule has 0 atom stereocenters. The molecule has 1 rings (SSSR count). The van der Waals surface area contributed by atoms with Crippen molar-refractivity contribution in [1.29, 1.82) is 0 Å². The summed E-state index contributed by atoms with van der Waals surface area (Å²) in [4.78, 5) is 32.7. The van der Waals surface area contributed by atoms with E-state index in [9.17, 15) is 19.7 Å². The van der Waals surface area contributed by atoms with Crippen molar-refractivity contribution < 1.29 is 19.2 Å². The summed E-state index contributed by atoms with van der Waals surface area (Å²) in [6.07, 6.45) is -0.516. The van der Waals surface area contributed by atoms with E-state index < -0.39 is 23.2 Å². The highest BCUT2D eigenvalue weighted by Crippen LogP contribution is 2.27. The topological polar surface area (TPSA) is 98.5 Å². The molecule has 1 N–H and O–H groups in total. The number of halogens is 1. The van der Waals surface area contributed by atoms with Gasteiger partial charge in [-0.05, 0) is 19.1 Å². The predicted octanol–water partition coefficient (Wildman–Crippen LogP) is 2.14. The number of benzene rings is 1. The van der Waals surface area contributed by atoms with Gasteiger partial charge in [-0.2, -0.15) is 0 Å². The molecule has 102 valence electrons. The molecule has 0 heterocycles. The standard InChI is InChI=1S/C11H11ClN2O5/c1-2-19-11(16)6-10(15)13-8-5-7(12)3-4-9(8)14(17)18/h3-5H,2,6H2,1H3,(H,13,15). The number of nitro groups is 1. The number of rotatable bonds is 5. The lowest BCUT2D eigenvalue weighted by Crippen LogP contribution is -2.18. The molecular weight excluding hydrogens is 276 g/mol. The second-order valence-corrected chi connectivity index (χ2v) is 3.88. The summed E-state index contributed by atoms with van der Waals surface area (Å²) in [5.41, 5.74) is -0.367. The number of hydrogen-bond donors (Lipinski definition) is 1. The molecule has 0 aliphatic heterocycles. The Kier molecular flexibility index (Phi) is 5.25. The minimum absolute atomic E-state index is 0.0631. The molecule has 0 aliphatic rings. The van der Waals surface area contributed by atoms with Crippen LogP contribution in [0.2, 0.25) is 5.02 Å². The van der Waals surface area contributed by atoms with Crippen LogP contribution in [0.4, 0.5) is 11.4 Å². The van der Waals surface area contributed by atoms with Crippen LogP contribution in [0.5, 0.6) is 0 Å². The number of nitrogens with zero attached hydrogens (tertiary/aromatic N) is 1. The predicted molar refractivity (Wildman–Crippen MR) is 68.0 cm³/mol. The summed E-state index contributed by atoms with van der Waals surface area (Å²) in [5.74, 6) is -1.41. The van der Waals surface area contributed by atoms with E-state index in [1.165, 1.54) is 18.2 Å². The van der Waals surface area contributed by atoms with Gasteiger partial charge in [-0.15, -0.1) is 0 Å². The summed E-state index contributed by atoms with van der Waals surface area (Å²) in [6.45, 7) is 1.76. The van der Waals surface area contributed by atoms with Crippen molar-refractivity contribution in [3.05, 3.63) is 33.3 Å². The van der Waals surface area contributed by atoms with Gasteiger partial charge in [-0.3, -0.25) is 19.7 Å². The summed E-state index contributed by atoms with van der Waals surface area (Å²) < 4.78 is 4.59. The number of esters is 1. The molecule has 0 radical (unpaired) electrons. The molecule has 0 aromatic heterocycles. The van der Waals surface area contributed by atoms with Gasteiger partial charge in [0.2, 0.25) is 5.91 Å². The molecule has 1 aromatic carbocycles. The van der Waals surface area contributed by atoms with Crippen LogP contribution < -0.4 is 5.32 Å². The average Bonchev–Trinajstić information content (AvgIpc) is 2.28. The maximum atomic E-state index is 11.5. The summed E-state index contributed by atoms with van der Waals surface area (Å²) in [5, 5.41) is 13.2. The summed E-state index contributed by atoms with van der Waals surface area (Å²) in [7, 11) is 0. The van der Waals surface area contributed by atoms with Crippen LogP contribution in [0.3, 0.4) is 0 Å². The molecule has 0 saturated heterocycles. The van der Waals surface area contributed by atoms with Crippen LogP contribution in [-0.2, 0) is 14.3 Å². The van der Waals surface area contributed by atoms with E-state index in [-0.39, 0.29) is 23.0 Å². The smallest absolute Gasteiger partial charge is 0.315 e. The Morgan fingerprint density at radius 3 is 2.74 bits per heavy atom. The molecule has 0 unspecified atom stereocenters. The van der Waals surface area contributed by atoms with Gasteiger partial charge in [-0.25, -0.2) is 0 Å². The van der Waals surface area contributed by atoms with Crippen LogP contribution in [0.25, 0.3) is 0 Å². The van der Waals surface area contributed by atoms with Crippen molar-refractivity contribution in [1.82, 2.24) is 0 Å². The Morgan fingerprint density at radius 1 is 1.47 bits per heavy atom. The van der Waals surface area contributed by atoms with Crippen LogP contribution in [0, 0.1) is 10.1 Å². The van der Waals surface area contributed by atoms with Crippen molar-refractivity contribution >= 4 is 34.9 Å². The Labute approximate surface area is 113 Å². The first-order valence-corrected chi connectivity index (χ1v) is 5.71. The zero-order valence-corrected chi connectivity index (χ0v) is 10.8. The van der Waals surface area contributed by atoms with E-state index in [2.05, 4.69) is 10.1 Å². The van der Waals surface area contributed by atoms with Crippen molar-refractivity contribution in [2.24, 2.45) is 0 Å². The molecule has 8 heteroatoms. The maximum Gasteiger partial charge on any atom is 0.315 e. The average molecular weight is 287 g/mol. The van der Waals surface area contributed by atoms with Crippen molar-refractivity contribution in [3.63, 3.8) is 0 Å². The zero-order valence-electron chi connectivity index (χ0n) is 10.0. The lowest BCUT2D eigenvalue weighted by molar-refractivity contribution is -0.383. The van der Waals surface area contributed by atoms with E-state index >= 15 is 0 Å². The van der Waals surface area contributed by atoms with Gasteiger partial charge in [0.25, 0.3) is 5.69 Å². The number of nitro benzene ring substituents is 1. The Hall–Kier alpha value is -2.15. The molecule has 19 heavy (non-hydrogen) atoms. The highest BCUT2D eigenvalue weighted by atomic mass is 35.5. The Bertz CT molecular complexity index is 518. The minimum Gasteiger partial charge on any atom is -0.466 e. The number of nitrogens with one attached hydrogen (secondary N) is 1. The molecule has 0 bridgehead atoms. The first-order valence-electron chi connectivity index (χ1n) is 5.33. The fourth-order valence-electron chi connectivity index (χ4n) is 1.31. The van der Waals surface area contributed by atoms with Gasteiger partial charge in [0.05, 0.1) is 11.5 Å². The number of anilines is 1. The zero-order chi connectivity index (χ0) is 14.4. The largest absolute Gasteiger partial charge is 0.466 e. The third-order valence-corrected chi connectivity index (χ3v) is 2.27. The van der Waals surface area contributed by atoms with Gasteiger partial charge in [0, 0.05) is 11.1 Å². The van der Waals surface area contributed by atoms with Crippen LogP contribution in [0.15, 0.2) is 18.2 Å². The fourth-order valence-corrected chi connectivity index (χ4v) is 1.48. The quantitative estimate of drug-likeness (QED) is 0.387. The fraction of sp³-hybridized carbons (Fsp3) is 0.273. The molecule has 0 spiro atoms. The van der Waals surface area contributed by atoms with Crippen molar-refractivity contribution in [3.8, 4) is 0 Å². The summed E-state index contributed by atoms with van der Waals surface area (Å²) >= 11 is 5.69. The van der Waals surface area contributed by atoms with E-state index in [0.717, 1.165) is 0 Å². The highest BCUT2D eigenvalue weighted by Gasteiger charge is 2.18. The first-order chi connectivity index (χ1) is 8.93. The second kappa shape index (κ2) is 6.69. The number of carbonyl (C=O) groups is 2. The van der Waals surface area contributed by atoms with Crippen molar-refractivity contribution in [2.75, 3.05) is 11.9 Å². The molecule has 1 amide bonds. The molecule has 0 aliphatic carbocycles. The van der Waals surface area contributed by atoms with Gasteiger partial charge in [0.15, 0.2) is 0 Å². The van der Waals surface area contributed by atoms with Crippen LogP contribution in [0.1, 0.15) is 13.3 Å². The monoisotopic (exact) mass is 286 g/mol. The van der Waals surface area contributed by atoms with Gasteiger partial charge in [0.1, 0.15) is 12.1 Å². The van der Waals surface area contributed by atoms with Crippen LogP contribution in [-0.4, -0.2) is 23.4 Å². The normalized spacial score (nSPS) is 9.79. The number of hydrogen-bond acceptors (Lipinski definition) is 5. The third kappa shape index (κ3) is 4.55. The number of amides is 1. The lowest BCUT2D eigenvalue weighted by atomic mass is 10.2. The van der Waals surface area contributed by atoms with E-state index in [1.54, 1.807) is 6.92 Å². The van der Waals surface area contributed by atoms with Crippen LogP contribution >= 0.6 is 11.6 Å². The molecule has 0 fully saturated rings. The molecule has 0 saturated carbocycles. The second-order valence-electron chi connectivity index (χ2n) is 3.45.